The molecule has 11 heteroatoms. The standard InChI is InChI=1S/C27H27N3O3.C6H7N5/c1-4-9-24-28-22-12-8-13-23(25(22)26(31)30(24)21-10-6-5-7-11-21)29(2)18-19-14-16-20(17-15-19)27(32)33-3;1-3-4(2-7)5(8)11-6(9)10-3/h5-8,10-17H,4,9,18H2,1-3H3;1H3,(H4,8,9,10,11). The van der Waals surface area contributed by atoms with E-state index in [9.17, 15) is 9.59 Å². The Morgan fingerprint density at radius 1 is 1.00 bits per heavy atom. The predicted octanol–water partition coefficient (Wildman–Crippen LogP) is 4.58. The Morgan fingerprint density at radius 3 is 2.32 bits per heavy atom. The first-order chi connectivity index (χ1) is 21.2. The van der Waals surface area contributed by atoms with Crippen LogP contribution in [0.4, 0.5) is 17.5 Å². The van der Waals surface area contributed by atoms with Crippen molar-refractivity contribution in [1.82, 2.24) is 19.5 Å². The normalized spacial score (nSPS) is 10.4. The third-order valence-corrected chi connectivity index (χ3v) is 6.89. The van der Waals surface area contributed by atoms with E-state index in [1.807, 2.05) is 78.7 Å². The van der Waals surface area contributed by atoms with Crippen molar-refractivity contribution in [3.05, 3.63) is 111 Å². The maximum atomic E-state index is 13.8. The molecule has 44 heavy (non-hydrogen) atoms. The van der Waals surface area contributed by atoms with Crippen LogP contribution in [0.5, 0.6) is 0 Å². The summed E-state index contributed by atoms with van der Waals surface area (Å²) in [5, 5.41) is 9.13. The van der Waals surface area contributed by atoms with Crippen LogP contribution in [0.15, 0.2) is 77.6 Å². The molecule has 224 valence electrons. The van der Waals surface area contributed by atoms with E-state index >= 15 is 0 Å². The van der Waals surface area contributed by atoms with Crippen molar-refractivity contribution in [2.45, 2.75) is 33.2 Å². The van der Waals surface area contributed by atoms with Crippen LogP contribution in [-0.2, 0) is 17.7 Å². The molecule has 0 atom stereocenters. The Labute approximate surface area is 255 Å². The molecule has 0 aliphatic carbocycles. The number of ether oxygens (including phenoxy) is 1. The molecule has 2 aromatic heterocycles. The number of nitriles is 1. The van der Waals surface area contributed by atoms with E-state index in [4.69, 9.17) is 26.5 Å². The summed E-state index contributed by atoms with van der Waals surface area (Å²) >= 11 is 0. The topological polar surface area (TPSA) is 166 Å². The highest BCUT2D eigenvalue weighted by atomic mass is 16.5. The van der Waals surface area contributed by atoms with Gasteiger partial charge in [-0.3, -0.25) is 9.36 Å². The molecule has 5 rings (SSSR count). The minimum atomic E-state index is -0.362. The Hall–Kier alpha value is -5.76. The van der Waals surface area contributed by atoms with Gasteiger partial charge in [0.25, 0.3) is 5.56 Å². The molecule has 3 aromatic carbocycles. The zero-order valence-corrected chi connectivity index (χ0v) is 25.1. The highest BCUT2D eigenvalue weighted by Crippen LogP contribution is 2.25. The molecule has 11 nitrogen and oxygen atoms in total. The number of nitrogens with two attached hydrogens (primary N) is 2. The van der Waals surface area contributed by atoms with Crippen molar-refractivity contribution < 1.29 is 9.53 Å². The van der Waals surface area contributed by atoms with Crippen LogP contribution in [0, 0.1) is 18.3 Å². The molecule has 0 amide bonds. The number of benzene rings is 3. The Balaban J connectivity index is 0.000000339. The molecule has 0 saturated heterocycles. The summed E-state index contributed by atoms with van der Waals surface area (Å²) in [6.07, 6.45) is 1.61. The third-order valence-electron chi connectivity index (χ3n) is 6.89. The monoisotopic (exact) mass is 590 g/mol. The van der Waals surface area contributed by atoms with Crippen molar-refractivity contribution in [1.29, 1.82) is 5.26 Å². The minimum absolute atomic E-state index is 0.0712. The summed E-state index contributed by atoms with van der Waals surface area (Å²) in [6.45, 7) is 4.32. The smallest absolute Gasteiger partial charge is 0.337 e. The van der Waals surface area contributed by atoms with Gasteiger partial charge >= 0.3 is 5.97 Å². The summed E-state index contributed by atoms with van der Waals surface area (Å²) in [5.74, 6) is 0.635. The number of fused-ring (bicyclic) bond motifs is 1. The van der Waals surface area contributed by atoms with Crippen LogP contribution < -0.4 is 21.9 Å². The summed E-state index contributed by atoms with van der Waals surface area (Å²) in [4.78, 5) is 39.8. The van der Waals surface area contributed by atoms with E-state index in [0.29, 0.717) is 40.7 Å². The van der Waals surface area contributed by atoms with Crippen LogP contribution in [0.1, 0.15) is 46.3 Å². The van der Waals surface area contributed by atoms with E-state index in [1.165, 1.54) is 7.11 Å². The van der Waals surface area contributed by atoms with Crippen LogP contribution in [0.3, 0.4) is 0 Å². The largest absolute Gasteiger partial charge is 0.465 e. The van der Waals surface area contributed by atoms with Gasteiger partial charge in [-0.2, -0.15) is 10.2 Å². The van der Waals surface area contributed by atoms with E-state index < -0.39 is 0 Å². The lowest BCUT2D eigenvalue weighted by molar-refractivity contribution is 0.0600. The van der Waals surface area contributed by atoms with Crippen LogP contribution in [0.25, 0.3) is 16.6 Å². The fourth-order valence-corrected chi connectivity index (χ4v) is 4.79. The van der Waals surface area contributed by atoms with Crippen LogP contribution >= 0.6 is 0 Å². The van der Waals surface area contributed by atoms with E-state index in [0.717, 1.165) is 29.2 Å². The number of nitrogens with zero attached hydrogens (tertiary/aromatic N) is 6. The molecule has 0 aliphatic rings. The lowest BCUT2D eigenvalue weighted by Crippen LogP contribution is -2.26. The second-order valence-electron chi connectivity index (χ2n) is 10.0. The first kappa shape index (κ1) is 31.2. The number of hydrogen-bond donors (Lipinski definition) is 2. The van der Waals surface area contributed by atoms with Gasteiger partial charge in [0.05, 0.1) is 40.6 Å². The first-order valence-corrected chi connectivity index (χ1v) is 14.0. The lowest BCUT2D eigenvalue weighted by atomic mass is 10.1. The first-order valence-electron chi connectivity index (χ1n) is 14.0. The fraction of sp³-hybridized carbons (Fsp3) is 0.212. The van der Waals surface area contributed by atoms with Gasteiger partial charge in [0.2, 0.25) is 5.95 Å². The molecule has 5 aromatic rings. The van der Waals surface area contributed by atoms with Gasteiger partial charge in [-0.1, -0.05) is 43.3 Å². The number of esters is 1. The van der Waals surface area contributed by atoms with Crippen molar-refractivity contribution in [3.8, 4) is 11.8 Å². The maximum Gasteiger partial charge on any atom is 0.337 e. The van der Waals surface area contributed by atoms with Crippen LogP contribution in [-0.4, -0.2) is 39.6 Å². The fourth-order valence-electron chi connectivity index (χ4n) is 4.79. The van der Waals surface area contributed by atoms with Gasteiger partial charge in [0, 0.05) is 20.0 Å². The van der Waals surface area contributed by atoms with Gasteiger partial charge in [-0.15, -0.1) is 0 Å². The number of methoxy groups -OCH3 is 1. The number of carbonyl (C=O) groups is 1. The Kier molecular flexibility index (Phi) is 9.88. The molecule has 0 spiro atoms. The molecule has 0 bridgehead atoms. The van der Waals surface area contributed by atoms with E-state index in [-0.39, 0.29) is 23.3 Å². The number of rotatable bonds is 7. The molecular formula is C33H34N8O3. The SMILES string of the molecule is CCCc1nc2cccc(N(C)Cc3ccc(C(=O)OC)cc3)c2c(=O)n1-c1ccccc1.Cc1nc(N)nc(N)c1C#N. The minimum Gasteiger partial charge on any atom is -0.465 e. The highest BCUT2D eigenvalue weighted by Gasteiger charge is 2.17. The number of aryl methyl sites for hydroxylation is 2. The molecule has 4 N–H and O–H groups in total. The second kappa shape index (κ2) is 13.9. The highest BCUT2D eigenvalue weighted by molar-refractivity contribution is 5.91. The molecule has 0 fully saturated rings. The molecular weight excluding hydrogens is 556 g/mol. The Bertz CT molecular complexity index is 1860. The zero-order chi connectivity index (χ0) is 31.8. The van der Waals surface area contributed by atoms with Crippen molar-refractivity contribution in [3.63, 3.8) is 0 Å². The van der Waals surface area contributed by atoms with Crippen molar-refractivity contribution in [2.24, 2.45) is 0 Å². The van der Waals surface area contributed by atoms with Gasteiger partial charge < -0.3 is 21.1 Å². The average Bonchev–Trinajstić information content (AvgIpc) is 3.01. The number of hydrogen-bond acceptors (Lipinski definition) is 10. The van der Waals surface area contributed by atoms with Gasteiger partial charge in [0.1, 0.15) is 23.3 Å². The van der Waals surface area contributed by atoms with Crippen molar-refractivity contribution >= 4 is 34.3 Å². The molecule has 0 saturated carbocycles. The molecule has 0 unspecified atom stereocenters. The summed E-state index contributed by atoms with van der Waals surface area (Å²) in [5.41, 5.74) is 15.2. The van der Waals surface area contributed by atoms with Gasteiger partial charge in [-0.05, 0) is 55.3 Å². The zero-order valence-electron chi connectivity index (χ0n) is 25.1. The van der Waals surface area contributed by atoms with Crippen molar-refractivity contribution in [2.75, 3.05) is 30.5 Å². The maximum absolute atomic E-state index is 13.8. The quantitative estimate of drug-likeness (QED) is 0.256. The average molecular weight is 591 g/mol. The number of aromatic nitrogens is 4. The number of carbonyl (C=O) groups excluding carboxylic acids is 1. The molecule has 0 radical (unpaired) electrons. The summed E-state index contributed by atoms with van der Waals surface area (Å²) < 4.78 is 6.50. The number of para-hydroxylation sites is 1. The van der Waals surface area contributed by atoms with Gasteiger partial charge in [-0.25, -0.2) is 14.8 Å². The summed E-state index contributed by atoms with van der Waals surface area (Å²) in [6, 6.07) is 24.6. The lowest BCUT2D eigenvalue weighted by Gasteiger charge is -2.22. The number of anilines is 3. The number of nitrogen functional groups attached to an aromatic ring is 2. The second-order valence-corrected chi connectivity index (χ2v) is 10.0. The molecule has 0 aliphatic heterocycles. The van der Waals surface area contributed by atoms with E-state index in [2.05, 4.69) is 16.9 Å². The van der Waals surface area contributed by atoms with E-state index in [1.54, 1.807) is 23.6 Å². The van der Waals surface area contributed by atoms with Crippen LogP contribution in [0.2, 0.25) is 0 Å². The third kappa shape index (κ3) is 6.82. The Morgan fingerprint density at radius 2 is 1.70 bits per heavy atom. The predicted molar refractivity (Wildman–Crippen MR) is 172 cm³/mol. The summed E-state index contributed by atoms with van der Waals surface area (Å²) in [7, 11) is 3.32. The molecule has 2 heterocycles. The van der Waals surface area contributed by atoms with Gasteiger partial charge in [0.15, 0.2) is 0 Å².